The minimum atomic E-state index is -0.872. The average molecular weight is 640 g/mol. The predicted molar refractivity (Wildman–Crippen MR) is 174 cm³/mol. The van der Waals surface area contributed by atoms with Crippen LogP contribution in [0.2, 0.25) is 0 Å². The Morgan fingerprint density at radius 2 is 1.91 bits per heavy atom. The zero-order valence-corrected chi connectivity index (χ0v) is 27.6. The third-order valence-electron chi connectivity index (χ3n) is 7.15. The van der Waals surface area contributed by atoms with Crippen molar-refractivity contribution in [2.75, 3.05) is 26.8 Å². The molecule has 1 aromatic carbocycles. The Balaban J connectivity index is 0.000000255. The van der Waals surface area contributed by atoms with Gasteiger partial charge in [0.1, 0.15) is 12.0 Å². The van der Waals surface area contributed by atoms with Gasteiger partial charge in [-0.2, -0.15) is 0 Å². The van der Waals surface area contributed by atoms with Gasteiger partial charge < -0.3 is 29.0 Å². The Morgan fingerprint density at radius 3 is 2.52 bits per heavy atom. The van der Waals surface area contributed by atoms with Crippen LogP contribution in [0.15, 0.2) is 46.6 Å². The monoisotopic (exact) mass is 639 g/mol. The Bertz CT molecular complexity index is 1720. The van der Waals surface area contributed by atoms with Gasteiger partial charge in [0, 0.05) is 61.5 Å². The summed E-state index contributed by atoms with van der Waals surface area (Å²) in [6.07, 6.45) is 7.78. The molecule has 46 heavy (non-hydrogen) atoms. The number of fused-ring (bicyclic) bond motifs is 1. The molecule has 0 saturated carbocycles. The van der Waals surface area contributed by atoms with Crippen molar-refractivity contribution >= 4 is 23.0 Å². The maximum atomic E-state index is 12.2. The van der Waals surface area contributed by atoms with Gasteiger partial charge in [-0.25, -0.2) is 4.98 Å². The topological polar surface area (TPSA) is 185 Å². The van der Waals surface area contributed by atoms with Gasteiger partial charge >= 0.3 is 11.1 Å². The fourth-order valence-corrected chi connectivity index (χ4v) is 4.86. The number of hydrogen-bond donors (Lipinski definition) is 2. The number of aryl methyl sites for hydroxylation is 1. The van der Waals surface area contributed by atoms with Crippen LogP contribution >= 0.6 is 0 Å². The number of nitrogens with zero attached hydrogens (tertiary/aromatic N) is 7. The summed E-state index contributed by atoms with van der Waals surface area (Å²) in [4.78, 5) is 51.6. The first-order valence-electron chi connectivity index (χ1n) is 15.2. The van der Waals surface area contributed by atoms with Crippen LogP contribution in [0.25, 0.3) is 16.7 Å². The highest BCUT2D eigenvalue weighted by molar-refractivity contribution is 5.82. The van der Waals surface area contributed by atoms with Gasteiger partial charge in [-0.3, -0.25) is 24.4 Å². The number of nitro benzene ring substituents is 1. The Morgan fingerprint density at radius 1 is 1.17 bits per heavy atom. The summed E-state index contributed by atoms with van der Waals surface area (Å²) in [5.74, 6) is 0.571. The molecule has 0 radical (unpaired) electrons. The lowest BCUT2D eigenvalue weighted by atomic mass is 9.90. The molecule has 0 bridgehead atoms. The van der Waals surface area contributed by atoms with Crippen molar-refractivity contribution < 1.29 is 14.5 Å². The number of imidazole rings is 1. The first-order valence-corrected chi connectivity index (χ1v) is 15.2. The number of H-pyrrole nitrogens is 1. The molecule has 3 heterocycles. The minimum absolute atomic E-state index is 0.120. The second-order valence-corrected chi connectivity index (χ2v) is 13.1. The predicted octanol–water partition coefficient (Wildman–Crippen LogP) is 3.24. The van der Waals surface area contributed by atoms with E-state index in [-0.39, 0.29) is 40.7 Å². The molecule has 0 spiro atoms. The summed E-state index contributed by atoms with van der Waals surface area (Å²) in [5, 5.41) is 23.1. The van der Waals surface area contributed by atoms with Crippen LogP contribution in [0.3, 0.4) is 0 Å². The van der Waals surface area contributed by atoms with Gasteiger partial charge in [0.15, 0.2) is 0 Å². The molecule has 0 fully saturated rings. The minimum Gasteiger partial charge on any atom is -0.380 e. The van der Waals surface area contributed by atoms with E-state index in [9.17, 15) is 24.5 Å². The van der Waals surface area contributed by atoms with E-state index in [1.807, 2.05) is 17.9 Å². The van der Waals surface area contributed by atoms with Crippen molar-refractivity contribution in [3.8, 4) is 5.69 Å². The number of nitro groups is 1. The first kappa shape index (κ1) is 36.0. The van der Waals surface area contributed by atoms with Gasteiger partial charge in [-0.05, 0) is 25.5 Å². The van der Waals surface area contributed by atoms with E-state index in [2.05, 4.69) is 67.1 Å². The molecule has 250 valence electrons. The van der Waals surface area contributed by atoms with E-state index in [0.717, 1.165) is 31.7 Å². The van der Waals surface area contributed by atoms with Crippen molar-refractivity contribution in [2.45, 2.75) is 72.9 Å². The zero-order valence-electron chi connectivity index (χ0n) is 27.6. The molecule has 0 amide bonds. The van der Waals surface area contributed by atoms with Crippen molar-refractivity contribution in [1.82, 2.24) is 39.4 Å². The number of unbranched alkanes of at least 4 members (excludes halogenated alkanes) is 1. The highest BCUT2D eigenvalue weighted by atomic mass is 16.6. The van der Waals surface area contributed by atoms with E-state index < -0.39 is 16.0 Å². The lowest BCUT2D eigenvalue weighted by molar-refractivity contribution is -0.384. The highest BCUT2D eigenvalue weighted by Crippen LogP contribution is 2.27. The largest absolute Gasteiger partial charge is 0.380 e. The number of aromatic nitrogens is 7. The molecule has 15 nitrogen and oxygen atoms in total. The van der Waals surface area contributed by atoms with Crippen molar-refractivity contribution in [3.05, 3.63) is 73.6 Å². The van der Waals surface area contributed by atoms with E-state index in [4.69, 9.17) is 4.74 Å². The molecule has 0 saturated heterocycles. The SMILES string of the molecule is CNCC(C)(C)COCC(C)(C)c1cn(CC(C)C)nn1.O=CCCCn1c(=O)c(=O)[nH]c2cc([N+](=O)[O-])c(-n3ccnc3)cc21. The Labute approximate surface area is 267 Å². The summed E-state index contributed by atoms with van der Waals surface area (Å²) in [7, 11) is 1.97. The smallest absolute Gasteiger partial charge is 0.316 e. The summed E-state index contributed by atoms with van der Waals surface area (Å²) in [6, 6.07) is 2.66. The summed E-state index contributed by atoms with van der Waals surface area (Å²) in [5.41, 5.74) is -0.145. The number of aldehydes is 1. The van der Waals surface area contributed by atoms with Crippen molar-refractivity contribution in [2.24, 2.45) is 11.3 Å². The van der Waals surface area contributed by atoms with E-state index in [1.165, 1.54) is 40.0 Å². The Hall–Kier alpha value is -4.50. The molecule has 0 atom stereocenters. The van der Waals surface area contributed by atoms with Gasteiger partial charge in [-0.1, -0.05) is 46.8 Å². The summed E-state index contributed by atoms with van der Waals surface area (Å²) in [6.45, 7) is 16.5. The fraction of sp³-hybridized carbons (Fsp3) is 0.548. The lowest BCUT2D eigenvalue weighted by Gasteiger charge is -2.27. The van der Waals surface area contributed by atoms with Crippen LogP contribution in [-0.4, -0.2) is 72.1 Å². The molecule has 15 heteroatoms. The highest BCUT2D eigenvalue weighted by Gasteiger charge is 2.27. The number of carbonyl (C=O) groups excluding carboxylic acids is 1. The van der Waals surface area contributed by atoms with Gasteiger partial charge in [-0.15, -0.1) is 5.10 Å². The number of aromatic amines is 1. The normalized spacial score (nSPS) is 11.9. The summed E-state index contributed by atoms with van der Waals surface area (Å²) >= 11 is 0. The zero-order chi connectivity index (χ0) is 34.1. The van der Waals surface area contributed by atoms with Crippen LogP contribution in [0.5, 0.6) is 0 Å². The molecule has 4 aromatic rings. The molecular weight excluding hydrogens is 594 g/mol. The van der Waals surface area contributed by atoms with Crippen LogP contribution in [0.1, 0.15) is 60.1 Å². The number of benzene rings is 1. The second-order valence-electron chi connectivity index (χ2n) is 13.1. The molecular formula is C31H45N9O6. The number of carbonyl (C=O) groups is 1. The number of hydrogen-bond acceptors (Lipinski definition) is 10. The van der Waals surface area contributed by atoms with Crippen molar-refractivity contribution in [1.29, 1.82) is 0 Å². The third kappa shape index (κ3) is 9.50. The quantitative estimate of drug-likeness (QED) is 0.0643. The molecule has 2 N–H and O–H groups in total. The Kier molecular flexibility index (Phi) is 12.3. The number of nitrogens with one attached hydrogen (secondary N) is 2. The van der Waals surface area contributed by atoms with E-state index >= 15 is 0 Å². The van der Waals surface area contributed by atoms with Gasteiger partial charge in [0.2, 0.25) is 0 Å². The third-order valence-corrected chi connectivity index (χ3v) is 7.15. The average Bonchev–Trinajstić information content (AvgIpc) is 3.68. The maximum absolute atomic E-state index is 12.2. The van der Waals surface area contributed by atoms with Crippen LogP contribution < -0.4 is 16.4 Å². The van der Waals surface area contributed by atoms with Crippen molar-refractivity contribution in [3.63, 3.8) is 0 Å². The molecule has 0 aliphatic rings. The number of rotatable bonds is 15. The molecule has 0 aliphatic carbocycles. The van der Waals surface area contributed by atoms with Gasteiger partial charge in [0.05, 0.1) is 41.2 Å². The lowest BCUT2D eigenvalue weighted by Crippen LogP contribution is -2.36. The fourth-order valence-electron chi connectivity index (χ4n) is 4.86. The van der Waals surface area contributed by atoms with Crippen LogP contribution in [-0.2, 0) is 28.0 Å². The first-order chi connectivity index (χ1) is 21.7. The summed E-state index contributed by atoms with van der Waals surface area (Å²) < 4.78 is 10.5. The van der Waals surface area contributed by atoms with Gasteiger partial charge in [0.25, 0.3) is 5.69 Å². The van der Waals surface area contributed by atoms with E-state index in [0.29, 0.717) is 24.5 Å². The van der Waals surface area contributed by atoms with E-state index in [1.54, 1.807) is 0 Å². The molecule has 0 unspecified atom stereocenters. The van der Waals surface area contributed by atoms with Crippen LogP contribution in [0, 0.1) is 21.4 Å². The molecule has 4 rings (SSSR count). The number of ether oxygens (including phenoxy) is 1. The standard InChI is InChI=1S/C16H32N4O.C15H13N5O5/c1-13(2)8-20-9-14(18-19-20)16(5,6)12-21-11-15(3,4)10-17-7;21-6-2-1-4-19-11-8-12(18-5-3-16-9-18)13(20(24)25)7-10(11)17-14(22)15(19)23/h9,13,17H,8,10-12H2,1-7H3;3,5-9H,1-2,4H2,(H,17,22). The second kappa shape index (κ2) is 15.7. The molecule has 0 aliphatic heterocycles. The van der Waals surface area contributed by atoms with Crippen LogP contribution in [0.4, 0.5) is 5.69 Å². The molecule has 3 aromatic heterocycles. The maximum Gasteiger partial charge on any atom is 0.316 e.